The Morgan fingerprint density at radius 1 is 1.88 bits per heavy atom. The number of hydrogen-bond acceptors (Lipinski definition) is 3. The van der Waals surface area contributed by atoms with Crippen LogP contribution in [0.3, 0.4) is 0 Å². The highest BCUT2D eigenvalue weighted by molar-refractivity contribution is 9.11. The lowest BCUT2D eigenvalue weighted by atomic mass is 10.5. The van der Waals surface area contributed by atoms with Gasteiger partial charge in [0.2, 0.25) is 0 Å². The summed E-state index contributed by atoms with van der Waals surface area (Å²) in [5, 5.41) is 9.70. The van der Waals surface area contributed by atoms with E-state index in [4.69, 9.17) is 5.21 Å². The van der Waals surface area contributed by atoms with Crippen molar-refractivity contribution < 1.29 is 5.21 Å². The second kappa shape index (κ2) is 2.28. The van der Waals surface area contributed by atoms with Gasteiger partial charge in [-0.05, 0) is 0 Å². The maximum Gasteiger partial charge on any atom is 0.116 e. The van der Waals surface area contributed by atoms with Crippen molar-refractivity contribution in [2.75, 3.05) is 6.54 Å². The number of hydrogen-bond donors (Lipinski definition) is 1. The molecule has 1 aliphatic rings. The number of halogens is 1. The topological polar surface area (TPSA) is 35.8 Å². The molecule has 0 spiro atoms. The first-order chi connectivity index (χ1) is 3.79. The molecule has 0 saturated heterocycles. The molecule has 4 heteroatoms. The van der Waals surface area contributed by atoms with Crippen molar-refractivity contribution in [3.05, 3.63) is 10.7 Å². The molecule has 0 bridgehead atoms. The molecule has 3 nitrogen and oxygen atoms in total. The second-order valence-electron chi connectivity index (χ2n) is 1.44. The number of hydroxylamine groups is 2. The molecule has 0 radical (unpaired) electrons. The van der Waals surface area contributed by atoms with Crippen molar-refractivity contribution in [3.63, 3.8) is 0 Å². The third-order valence-electron chi connectivity index (χ3n) is 0.728. The van der Waals surface area contributed by atoms with Gasteiger partial charge in [0.15, 0.2) is 0 Å². The van der Waals surface area contributed by atoms with Gasteiger partial charge in [0.1, 0.15) is 6.34 Å². The van der Waals surface area contributed by atoms with Crippen LogP contribution in [0.2, 0.25) is 0 Å². The molecule has 1 rings (SSSR count). The largest absolute Gasteiger partial charge is 0.287 e. The van der Waals surface area contributed by atoms with Crippen molar-refractivity contribution in [2.45, 2.75) is 0 Å². The molecule has 0 saturated carbocycles. The number of aliphatic imine (C=N–C) groups is 1. The standard InChI is InChI=1S/C4H5BrN2O/c5-4-1-6-3-7(8)2-4/h1,3,8H,2H2. The summed E-state index contributed by atoms with van der Waals surface area (Å²) in [4.78, 5) is 3.68. The normalized spacial score (nSPS) is 18.8. The van der Waals surface area contributed by atoms with E-state index in [1.165, 1.54) is 6.34 Å². The lowest BCUT2D eigenvalue weighted by Crippen LogP contribution is -2.20. The SMILES string of the molecule is ON1C=NC=C(Br)C1. The molecule has 0 aromatic heterocycles. The Balaban J connectivity index is 2.59. The number of nitrogens with zero attached hydrogens (tertiary/aromatic N) is 2. The van der Waals surface area contributed by atoms with Crippen molar-refractivity contribution in [1.82, 2.24) is 5.06 Å². The van der Waals surface area contributed by atoms with Gasteiger partial charge in [0.05, 0.1) is 6.54 Å². The highest BCUT2D eigenvalue weighted by Gasteiger charge is 2.00. The maximum atomic E-state index is 8.69. The summed E-state index contributed by atoms with van der Waals surface area (Å²) >= 11 is 3.17. The Morgan fingerprint density at radius 3 is 3.00 bits per heavy atom. The molecule has 1 N–H and O–H groups in total. The highest BCUT2D eigenvalue weighted by Crippen LogP contribution is 2.07. The quantitative estimate of drug-likeness (QED) is 0.597. The fraction of sp³-hybridized carbons (Fsp3) is 0.250. The minimum Gasteiger partial charge on any atom is -0.287 e. The molecule has 44 valence electrons. The van der Waals surface area contributed by atoms with E-state index in [2.05, 4.69) is 20.9 Å². The maximum absolute atomic E-state index is 8.69. The third-order valence-corrected chi connectivity index (χ3v) is 1.18. The molecule has 1 heterocycles. The summed E-state index contributed by atoms with van der Waals surface area (Å²) in [7, 11) is 0. The summed E-state index contributed by atoms with van der Waals surface area (Å²) in [6, 6.07) is 0. The Hall–Kier alpha value is -0.350. The predicted octanol–water partition coefficient (Wildman–Crippen LogP) is 0.956. The third kappa shape index (κ3) is 1.31. The summed E-state index contributed by atoms with van der Waals surface area (Å²) in [5.41, 5.74) is 0. The van der Waals surface area contributed by atoms with E-state index < -0.39 is 0 Å². The summed E-state index contributed by atoms with van der Waals surface area (Å²) in [5.74, 6) is 0. The van der Waals surface area contributed by atoms with Crippen molar-refractivity contribution >= 4 is 22.3 Å². The molecule has 0 unspecified atom stereocenters. The molecule has 0 atom stereocenters. The van der Waals surface area contributed by atoms with Gasteiger partial charge in [-0.2, -0.15) is 0 Å². The molecule has 0 aliphatic carbocycles. The van der Waals surface area contributed by atoms with Gasteiger partial charge in [-0.3, -0.25) is 5.21 Å². The zero-order chi connectivity index (χ0) is 5.98. The van der Waals surface area contributed by atoms with E-state index in [0.717, 1.165) is 9.55 Å². The van der Waals surface area contributed by atoms with E-state index in [1.54, 1.807) is 6.20 Å². The van der Waals surface area contributed by atoms with Crippen LogP contribution in [0.5, 0.6) is 0 Å². The average Bonchev–Trinajstić information content (AvgIpc) is 1.64. The van der Waals surface area contributed by atoms with Crippen LogP contribution in [0, 0.1) is 0 Å². The summed E-state index contributed by atoms with van der Waals surface area (Å²) < 4.78 is 0.877. The van der Waals surface area contributed by atoms with Crippen LogP contribution in [-0.4, -0.2) is 23.2 Å². The summed E-state index contributed by atoms with van der Waals surface area (Å²) in [6.45, 7) is 0.490. The predicted molar refractivity (Wildman–Crippen MR) is 34.0 cm³/mol. The monoisotopic (exact) mass is 176 g/mol. The van der Waals surface area contributed by atoms with Crippen LogP contribution in [0.1, 0.15) is 0 Å². The van der Waals surface area contributed by atoms with Gasteiger partial charge < -0.3 is 0 Å². The first kappa shape index (κ1) is 5.78. The van der Waals surface area contributed by atoms with Crippen LogP contribution in [0.15, 0.2) is 15.7 Å². The van der Waals surface area contributed by atoms with Crippen LogP contribution in [0.4, 0.5) is 0 Å². The Kier molecular flexibility index (Phi) is 1.65. The van der Waals surface area contributed by atoms with Crippen LogP contribution < -0.4 is 0 Å². The minimum absolute atomic E-state index is 0.490. The summed E-state index contributed by atoms with van der Waals surface area (Å²) in [6.07, 6.45) is 3.00. The van der Waals surface area contributed by atoms with E-state index in [9.17, 15) is 0 Å². The molecule has 0 amide bonds. The van der Waals surface area contributed by atoms with Gasteiger partial charge in [-0.1, -0.05) is 15.9 Å². The van der Waals surface area contributed by atoms with Gasteiger partial charge in [0.25, 0.3) is 0 Å². The zero-order valence-electron chi connectivity index (χ0n) is 4.08. The highest BCUT2D eigenvalue weighted by atomic mass is 79.9. The molecule has 0 fully saturated rings. The van der Waals surface area contributed by atoms with Gasteiger partial charge in [0, 0.05) is 10.7 Å². The molecular weight excluding hydrogens is 172 g/mol. The van der Waals surface area contributed by atoms with Crippen LogP contribution in [0.25, 0.3) is 0 Å². The minimum atomic E-state index is 0.490. The van der Waals surface area contributed by atoms with Crippen LogP contribution in [-0.2, 0) is 0 Å². The first-order valence-electron chi connectivity index (χ1n) is 2.12. The van der Waals surface area contributed by atoms with Crippen LogP contribution >= 0.6 is 15.9 Å². The van der Waals surface area contributed by atoms with E-state index in [0.29, 0.717) is 6.54 Å². The molecule has 0 aromatic rings. The second-order valence-corrected chi connectivity index (χ2v) is 2.46. The van der Waals surface area contributed by atoms with Crippen molar-refractivity contribution in [1.29, 1.82) is 0 Å². The average molecular weight is 177 g/mol. The Labute approximate surface area is 55.4 Å². The fourth-order valence-corrected chi connectivity index (χ4v) is 0.803. The lowest BCUT2D eigenvalue weighted by Gasteiger charge is -2.11. The van der Waals surface area contributed by atoms with E-state index in [-0.39, 0.29) is 0 Å². The fourth-order valence-electron chi connectivity index (χ4n) is 0.428. The smallest absolute Gasteiger partial charge is 0.116 e. The number of rotatable bonds is 0. The van der Waals surface area contributed by atoms with E-state index >= 15 is 0 Å². The Bertz CT molecular complexity index is 143. The van der Waals surface area contributed by atoms with Gasteiger partial charge in [-0.15, -0.1) is 0 Å². The van der Waals surface area contributed by atoms with Crippen molar-refractivity contribution in [2.24, 2.45) is 4.99 Å². The van der Waals surface area contributed by atoms with Gasteiger partial charge in [-0.25, -0.2) is 10.1 Å². The lowest BCUT2D eigenvalue weighted by molar-refractivity contribution is 0.00167. The zero-order valence-corrected chi connectivity index (χ0v) is 5.67. The molecular formula is C4H5BrN2O. The van der Waals surface area contributed by atoms with Crippen molar-refractivity contribution in [3.8, 4) is 0 Å². The molecule has 1 aliphatic heterocycles. The molecule has 8 heavy (non-hydrogen) atoms. The Morgan fingerprint density at radius 2 is 2.62 bits per heavy atom. The van der Waals surface area contributed by atoms with Gasteiger partial charge >= 0.3 is 0 Å². The van der Waals surface area contributed by atoms with E-state index in [1.807, 2.05) is 0 Å². The molecule has 0 aromatic carbocycles. The first-order valence-corrected chi connectivity index (χ1v) is 2.92.